The fourth-order valence-corrected chi connectivity index (χ4v) is 2.13. The Morgan fingerprint density at radius 2 is 1.79 bits per heavy atom. The lowest BCUT2D eigenvalue weighted by Crippen LogP contribution is -2.10. The molecule has 0 aliphatic carbocycles. The Balaban J connectivity index is 2.43. The first-order chi connectivity index (χ1) is 9.05. The Morgan fingerprint density at radius 3 is 2.21 bits per heavy atom. The van der Waals surface area contributed by atoms with Gasteiger partial charge in [0, 0.05) is 11.8 Å². The number of carbonyl (C=O) groups is 2. The quantitative estimate of drug-likeness (QED) is 0.821. The van der Waals surface area contributed by atoms with Crippen LogP contribution in [0.25, 0.3) is 6.08 Å². The highest BCUT2D eigenvalue weighted by atomic mass is 32.2. The predicted octanol–water partition coefficient (Wildman–Crippen LogP) is 1.73. The van der Waals surface area contributed by atoms with Crippen LogP contribution in [-0.4, -0.2) is 29.7 Å². The molecule has 0 radical (unpaired) electrons. The molecular weight excluding hydrogens is 270 g/mol. The van der Waals surface area contributed by atoms with E-state index in [4.69, 9.17) is 9.47 Å². The number of thioether (sulfide) groups is 1. The molecule has 0 aromatic heterocycles. The van der Waals surface area contributed by atoms with Gasteiger partial charge in [-0.15, -0.1) is 0 Å². The molecule has 1 aliphatic heterocycles. The van der Waals surface area contributed by atoms with Gasteiger partial charge in [-0.1, -0.05) is 0 Å². The second kappa shape index (κ2) is 5.23. The Kier molecular flexibility index (Phi) is 3.66. The number of rotatable bonds is 3. The molecule has 19 heavy (non-hydrogen) atoms. The summed E-state index contributed by atoms with van der Waals surface area (Å²) in [7, 11) is 2.81. The van der Waals surface area contributed by atoms with Crippen LogP contribution in [0.4, 0.5) is 4.79 Å². The van der Waals surface area contributed by atoms with Crippen LogP contribution in [-0.2, 0) is 4.79 Å². The van der Waals surface area contributed by atoms with E-state index in [-0.39, 0.29) is 28.1 Å². The molecule has 1 amide bonds. The van der Waals surface area contributed by atoms with Crippen molar-refractivity contribution in [3.63, 3.8) is 0 Å². The predicted molar refractivity (Wildman–Crippen MR) is 70.3 cm³/mol. The van der Waals surface area contributed by atoms with E-state index in [1.807, 2.05) is 0 Å². The van der Waals surface area contributed by atoms with Crippen molar-refractivity contribution in [2.24, 2.45) is 0 Å². The van der Waals surface area contributed by atoms with Crippen molar-refractivity contribution in [2.45, 2.75) is 0 Å². The molecule has 1 aromatic rings. The molecule has 100 valence electrons. The molecule has 2 N–H and O–H groups in total. The van der Waals surface area contributed by atoms with Gasteiger partial charge in [-0.25, -0.2) is 0 Å². The number of amides is 1. The summed E-state index contributed by atoms with van der Waals surface area (Å²) in [6, 6.07) is 3.07. The lowest BCUT2D eigenvalue weighted by molar-refractivity contribution is -0.107. The molecule has 0 bridgehead atoms. The topological polar surface area (TPSA) is 84.9 Å². The van der Waals surface area contributed by atoms with Crippen molar-refractivity contribution in [1.29, 1.82) is 0 Å². The first-order valence-electron chi connectivity index (χ1n) is 5.25. The molecule has 1 fully saturated rings. The van der Waals surface area contributed by atoms with E-state index in [0.29, 0.717) is 17.3 Å². The van der Waals surface area contributed by atoms with E-state index in [9.17, 15) is 14.7 Å². The molecule has 7 heteroatoms. The number of phenols is 1. The number of hydrogen-bond acceptors (Lipinski definition) is 6. The van der Waals surface area contributed by atoms with Gasteiger partial charge in [0.1, 0.15) is 0 Å². The fraction of sp³-hybridized carbons (Fsp3) is 0.167. The first kappa shape index (κ1) is 13.3. The van der Waals surface area contributed by atoms with Gasteiger partial charge in [-0.3, -0.25) is 9.59 Å². The summed E-state index contributed by atoms with van der Waals surface area (Å²) in [6.45, 7) is 0. The Morgan fingerprint density at radius 1 is 1.21 bits per heavy atom. The molecule has 0 saturated carbocycles. The summed E-state index contributed by atoms with van der Waals surface area (Å²) < 4.78 is 10.0. The number of phenolic OH excluding ortho intramolecular Hbond substituents is 1. The third-order valence-electron chi connectivity index (χ3n) is 2.46. The zero-order valence-electron chi connectivity index (χ0n) is 10.2. The molecule has 0 unspecified atom stereocenters. The smallest absolute Gasteiger partial charge is 0.291 e. The molecule has 1 aromatic carbocycles. The van der Waals surface area contributed by atoms with Crippen LogP contribution in [0.2, 0.25) is 0 Å². The van der Waals surface area contributed by atoms with Crippen LogP contribution in [0.1, 0.15) is 5.56 Å². The van der Waals surface area contributed by atoms with Crippen molar-refractivity contribution in [3.05, 3.63) is 23.4 Å². The molecular formula is C12H11NO5S. The Bertz CT molecular complexity index is 556. The van der Waals surface area contributed by atoms with E-state index >= 15 is 0 Å². The highest BCUT2D eigenvalue weighted by Gasteiger charge is 2.25. The van der Waals surface area contributed by atoms with Crippen LogP contribution < -0.4 is 14.8 Å². The fourth-order valence-electron chi connectivity index (χ4n) is 1.58. The number of ether oxygens (including phenoxy) is 2. The van der Waals surface area contributed by atoms with Crippen molar-refractivity contribution >= 4 is 28.2 Å². The summed E-state index contributed by atoms with van der Waals surface area (Å²) in [5.74, 6) is 0.314. The maximum Gasteiger partial charge on any atom is 0.291 e. The third-order valence-corrected chi connectivity index (χ3v) is 3.15. The first-order valence-corrected chi connectivity index (χ1v) is 6.06. The Hall–Kier alpha value is -2.15. The standard InChI is InChI=1S/C12H11NO5S/c1-17-8-4-6(5-9(18-2)10(8)14)3-7-11(15)19-12(16)13-7/h3-5,14H,1-2H3,(H,13,16). The zero-order valence-corrected chi connectivity index (χ0v) is 11.0. The molecule has 0 spiro atoms. The van der Waals surface area contributed by atoms with E-state index in [1.54, 1.807) is 0 Å². The maximum absolute atomic E-state index is 11.5. The molecule has 1 heterocycles. The minimum atomic E-state index is -0.408. The number of hydrogen-bond donors (Lipinski definition) is 2. The summed E-state index contributed by atoms with van der Waals surface area (Å²) in [5.41, 5.74) is 0.752. The second-order valence-electron chi connectivity index (χ2n) is 3.63. The number of benzene rings is 1. The molecule has 2 rings (SSSR count). The number of carbonyl (C=O) groups excluding carboxylic acids is 2. The third kappa shape index (κ3) is 2.65. The lowest BCUT2D eigenvalue weighted by atomic mass is 10.1. The molecule has 0 atom stereocenters. The second-order valence-corrected chi connectivity index (χ2v) is 4.58. The average molecular weight is 281 g/mol. The largest absolute Gasteiger partial charge is 0.502 e. The summed E-state index contributed by atoms with van der Waals surface area (Å²) in [6.07, 6.45) is 1.49. The van der Waals surface area contributed by atoms with Crippen LogP contribution in [0.3, 0.4) is 0 Å². The zero-order chi connectivity index (χ0) is 14.0. The SMILES string of the molecule is COc1cc(C=C2NC(=O)SC2=O)cc(OC)c1O. The molecule has 6 nitrogen and oxygen atoms in total. The highest BCUT2D eigenvalue weighted by molar-refractivity contribution is 8.27. The van der Waals surface area contributed by atoms with Gasteiger partial charge in [0.25, 0.3) is 5.24 Å². The van der Waals surface area contributed by atoms with Gasteiger partial charge in [0.05, 0.1) is 19.9 Å². The maximum atomic E-state index is 11.5. The van der Waals surface area contributed by atoms with Gasteiger partial charge in [0.15, 0.2) is 11.5 Å². The van der Waals surface area contributed by atoms with Crippen LogP contribution in [0.15, 0.2) is 17.8 Å². The molecule has 1 saturated heterocycles. The van der Waals surface area contributed by atoms with Gasteiger partial charge >= 0.3 is 0 Å². The van der Waals surface area contributed by atoms with Gasteiger partial charge in [-0.05, 0) is 23.8 Å². The van der Waals surface area contributed by atoms with E-state index < -0.39 is 5.24 Å². The summed E-state index contributed by atoms with van der Waals surface area (Å²) in [5, 5.41) is 11.4. The minimum Gasteiger partial charge on any atom is -0.502 e. The number of nitrogens with one attached hydrogen (secondary N) is 1. The normalized spacial score (nSPS) is 16.6. The number of methoxy groups -OCH3 is 2. The van der Waals surface area contributed by atoms with Crippen molar-refractivity contribution in [1.82, 2.24) is 5.32 Å². The van der Waals surface area contributed by atoms with Crippen LogP contribution in [0.5, 0.6) is 17.2 Å². The van der Waals surface area contributed by atoms with Crippen LogP contribution in [0, 0.1) is 0 Å². The van der Waals surface area contributed by atoms with Gasteiger partial charge < -0.3 is 19.9 Å². The average Bonchev–Trinajstić information content (AvgIpc) is 2.69. The summed E-state index contributed by atoms with van der Waals surface area (Å²) in [4.78, 5) is 22.5. The van der Waals surface area contributed by atoms with Crippen molar-refractivity contribution in [3.8, 4) is 17.2 Å². The Labute approximate surface area is 113 Å². The van der Waals surface area contributed by atoms with Crippen LogP contribution >= 0.6 is 11.8 Å². The summed E-state index contributed by atoms with van der Waals surface area (Å²) >= 11 is 0.602. The van der Waals surface area contributed by atoms with Crippen molar-refractivity contribution in [2.75, 3.05) is 14.2 Å². The highest BCUT2D eigenvalue weighted by Crippen LogP contribution is 2.37. The lowest BCUT2D eigenvalue weighted by Gasteiger charge is -2.09. The van der Waals surface area contributed by atoms with E-state index in [2.05, 4.69) is 5.32 Å². The van der Waals surface area contributed by atoms with Crippen molar-refractivity contribution < 1.29 is 24.2 Å². The molecule has 1 aliphatic rings. The monoisotopic (exact) mass is 281 g/mol. The minimum absolute atomic E-state index is 0.122. The number of aromatic hydroxyl groups is 1. The van der Waals surface area contributed by atoms with Gasteiger partial charge in [-0.2, -0.15) is 0 Å². The van der Waals surface area contributed by atoms with E-state index in [1.165, 1.54) is 32.4 Å². The van der Waals surface area contributed by atoms with Gasteiger partial charge in [0.2, 0.25) is 10.9 Å². The van der Waals surface area contributed by atoms with E-state index in [0.717, 1.165) is 0 Å².